The van der Waals surface area contributed by atoms with Crippen LogP contribution in [-0.4, -0.2) is 28.9 Å². The Balaban J connectivity index is 3.45. The Morgan fingerprint density at radius 2 is 1.79 bits per heavy atom. The van der Waals surface area contributed by atoms with Gasteiger partial charge in [-0.25, -0.2) is 4.79 Å². The van der Waals surface area contributed by atoms with Gasteiger partial charge in [-0.3, -0.25) is 9.69 Å². The van der Waals surface area contributed by atoms with Crippen LogP contribution in [0.4, 0.5) is 5.69 Å². The number of aryl methyl sites for hydroxylation is 2. The molecular weight excluding hydrogens is 266 g/mol. The van der Waals surface area contributed by atoms with E-state index in [0.29, 0.717) is 5.69 Å². The monoisotopic (exact) mass is 283 g/mol. The van der Waals surface area contributed by atoms with Crippen LogP contribution in [-0.2, 0) is 9.59 Å². The van der Waals surface area contributed by atoms with Crippen molar-refractivity contribution < 1.29 is 14.7 Å². The summed E-state index contributed by atoms with van der Waals surface area (Å²) in [6.07, 6.45) is 0. The fourth-order valence-electron chi connectivity index (χ4n) is 2.02. The second-order valence-corrected chi connectivity index (χ2v) is 4.85. The van der Waals surface area contributed by atoms with Crippen LogP contribution in [0.3, 0.4) is 0 Å². The molecule has 5 heteroatoms. The van der Waals surface area contributed by atoms with Crippen molar-refractivity contribution in [3.8, 4) is 0 Å². The van der Waals surface area contributed by atoms with E-state index in [1.54, 1.807) is 0 Å². The third-order valence-corrected chi connectivity index (χ3v) is 3.50. The normalized spacial score (nSPS) is 12.1. The van der Waals surface area contributed by atoms with E-state index in [1.807, 2.05) is 32.9 Å². The minimum Gasteiger partial charge on any atom is -0.480 e. The van der Waals surface area contributed by atoms with Crippen molar-refractivity contribution in [2.45, 2.75) is 33.7 Å². The maximum atomic E-state index is 12.0. The smallest absolute Gasteiger partial charge is 0.326 e. The maximum absolute atomic E-state index is 12.0. The fourth-order valence-corrected chi connectivity index (χ4v) is 2.15. The van der Waals surface area contributed by atoms with Gasteiger partial charge in [-0.15, -0.1) is 11.6 Å². The standard InChI is InChI=1S/C14H18ClNO3/c1-8-5-6-9(2)13(10(8)3)16(12(17)7-15)11(4)14(18)19/h5-6,11H,7H2,1-4H3,(H,18,19). The Kier molecular flexibility index (Phi) is 4.95. The van der Waals surface area contributed by atoms with Crippen molar-refractivity contribution in [2.75, 3.05) is 10.8 Å². The van der Waals surface area contributed by atoms with Gasteiger partial charge in [-0.05, 0) is 44.4 Å². The van der Waals surface area contributed by atoms with E-state index in [1.165, 1.54) is 11.8 Å². The van der Waals surface area contributed by atoms with Crippen molar-refractivity contribution >= 4 is 29.2 Å². The van der Waals surface area contributed by atoms with Crippen LogP contribution < -0.4 is 4.90 Å². The zero-order chi connectivity index (χ0) is 14.7. The van der Waals surface area contributed by atoms with Gasteiger partial charge in [0.1, 0.15) is 11.9 Å². The van der Waals surface area contributed by atoms with Crippen LogP contribution in [0.15, 0.2) is 12.1 Å². The molecule has 104 valence electrons. The lowest BCUT2D eigenvalue weighted by Gasteiger charge is -2.29. The predicted octanol–water partition coefficient (Wildman–Crippen LogP) is 2.66. The third-order valence-electron chi connectivity index (χ3n) is 3.27. The second kappa shape index (κ2) is 6.06. The van der Waals surface area contributed by atoms with Crippen molar-refractivity contribution in [3.05, 3.63) is 28.8 Å². The van der Waals surface area contributed by atoms with Gasteiger partial charge in [-0.1, -0.05) is 12.1 Å². The van der Waals surface area contributed by atoms with E-state index in [0.717, 1.165) is 16.7 Å². The summed E-state index contributed by atoms with van der Waals surface area (Å²) in [5.41, 5.74) is 3.40. The molecular formula is C14H18ClNO3. The van der Waals surface area contributed by atoms with Crippen molar-refractivity contribution in [2.24, 2.45) is 0 Å². The molecule has 1 aromatic carbocycles. The summed E-state index contributed by atoms with van der Waals surface area (Å²) in [4.78, 5) is 24.5. The molecule has 0 heterocycles. The van der Waals surface area contributed by atoms with Gasteiger partial charge in [-0.2, -0.15) is 0 Å². The molecule has 0 bridgehead atoms. The van der Waals surface area contributed by atoms with Gasteiger partial charge in [0.05, 0.1) is 5.69 Å². The molecule has 0 radical (unpaired) electrons. The van der Waals surface area contributed by atoms with Crippen molar-refractivity contribution in [1.82, 2.24) is 0 Å². The highest BCUT2D eigenvalue weighted by molar-refractivity contribution is 6.29. The Hall–Kier alpha value is -1.55. The van der Waals surface area contributed by atoms with Gasteiger partial charge in [0.15, 0.2) is 0 Å². The van der Waals surface area contributed by atoms with Crippen LogP contribution in [0.1, 0.15) is 23.6 Å². The zero-order valence-corrected chi connectivity index (χ0v) is 12.3. The first kappa shape index (κ1) is 15.5. The minimum absolute atomic E-state index is 0.246. The largest absolute Gasteiger partial charge is 0.480 e. The Labute approximate surface area is 118 Å². The number of nitrogens with zero attached hydrogens (tertiary/aromatic N) is 1. The summed E-state index contributed by atoms with van der Waals surface area (Å²) in [7, 11) is 0. The molecule has 1 aromatic rings. The van der Waals surface area contributed by atoms with Gasteiger partial charge in [0.2, 0.25) is 5.91 Å². The van der Waals surface area contributed by atoms with Gasteiger partial charge >= 0.3 is 5.97 Å². The number of amides is 1. The number of hydrogen-bond donors (Lipinski definition) is 1. The number of rotatable bonds is 4. The maximum Gasteiger partial charge on any atom is 0.326 e. The first-order valence-corrected chi connectivity index (χ1v) is 6.52. The number of alkyl halides is 1. The Bertz CT molecular complexity index is 514. The molecule has 1 amide bonds. The lowest BCUT2D eigenvalue weighted by atomic mass is 10.0. The topological polar surface area (TPSA) is 57.6 Å². The van der Waals surface area contributed by atoms with Crippen LogP contribution in [0.25, 0.3) is 0 Å². The SMILES string of the molecule is Cc1ccc(C)c(N(C(=O)CCl)C(C)C(=O)O)c1C. The third kappa shape index (κ3) is 3.07. The number of aliphatic carboxylic acids is 1. The first-order valence-electron chi connectivity index (χ1n) is 5.98. The highest BCUT2D eigenvalue weighted by Crippen LogP contribution is 2.29. The fraction of sp³-hybridized carbons (Fsp3) is 0.429. The molecule has 0 saturated heterocycles. The molecule has 4 nitrogen and oxygen atoms in total. The summed E-state index contributed by atoms with van der Waals surface area (Å²) >= 11 is 5.61. The molecule has 0 aliphatic rings. The summed E-state index contributed by atoms with van der Waals surface area (Å²) in [6, 6.07) is 2.87. The average molecular weight is 284 g/mol. The lowest BCUT2D eigenvalue weighted by Crippen LogP contribution is -2.45. The van der Waals surface area contributed by atoms with E-state index < -0.39 is 17.9 Å². The number of anilines is 1. The van der Waals surface area contributed by atoms with Crippen LogP contribution >= 0.6 is 11.6 Å². The molecule has 19 heavy (non-hydrogen) atoms. The Morgan fingerprint density at radius 1 is 1.26 bits per heavy atom. The zero-order valence-electron chi connectivity index (χ0n) is 11.5. The van der Waals surface area contributed by atoms with Gasteiger partial charge < -0.3 is 5.11 Å². The van der Waals surface area contributed by atoms with Gasteiger partial charge in [0.25, 0.3) is 0 Å². The van der Waals surface area contributed by atoms with Crippen LogP contribution in [0, 0.1) is 20.8 Å². The summed E-state index contributed by atoms with van der Waals surface area (Å²) in [6.45, 7) is 7.13. The quantitative estimate of drug-likeness (QED) is 0.864. The number of hydrogen-bond acceptors (Lipinski definition) is 2. The average Bonchev–Trinajstić information content (AvgIpc) is 2.37. The number of carbonyl (C=O) groups is 2. The first-order chi connectivity index (χ1) is 8.81. The number of carboxylic acid groups (broad SMARTS) is 1. The molecule has 0 aliphatic heterocycles. The summed E-state index contributed by atoms with van der Waals surface area (Å²) in [5.74, 6) is -1.71. The summed E-state index contributed by atoms with van der Waals surface area (Å²) in [5, 5.41) is 9.17. The Morgan fingerprint density at radius 3 is 2.26 bits per heavy atom. The highest BCUT2D eigenvalue weighted by Gasteiger charge is 2.29. The molecule has 1 rings (SSSR count). The molecule has 0 aliphatic carbocycles. The van der Waals surface area contributed by atoms with E-state index in [9.17, 15) is 14.7 Å². The summed E-state index contributed by atoms with van der Waals surface area (Å²) < 4.78 is 0. The number of carboxylic acids is 1. The van der Waals surface area contributed by atoms with E-state index >= 15 is 0 Å². The molecule has 0 aromatic heterocycles. The molecule has 0 spiro atoms. The van der Waals surface area contributed by atoms with E-state index in [-0.39, 0.29) is 5.88 Å². The number of halogens is 1. The number of carbonyl (C=O) groups excluding carboxylic acids is 1. The van der Waals surface area contributed by atoms with Crippen molar-refractivity contribution in [3.63, 3.8) is 0 Å². The molecule has 0 fully saturated rings. The van der Waals surface area contributed by atoms with Crippen molar-refractivity contribution in [1.29, 1.82) is 0 Å². The second-order valence-electron chi connectivity index (χ2n) is 4.58. The van der Waals surface area contributed by atoms with Gasteiger partial charge in [0, 0.05) is 0 Å². The molecule has 1 unspecified atom stereocenters. The number of benzene rings is 1. The lowest BCUT2D eigenvalue weighted by molar-refractivity contribution is -0.139. The molecule has 0 saturated carbocycles. The van der Waals surface area contributed by atoms with Crippen LogP contribution in [0.5, 0.6) is 0 Å². The van der Waals surface area contributed by atoms with E-state index in [2.05, 4.69) is 0 Å². The highest BCUT2D eigenvalue weighted by atomic mass is 35.5. The predicted molar refractivity (Wildman–Crippen MR) is 76.0 cm³/mol. The molecule has 1 N–H and O–H groups in total. The molecule has 1 atom stereocenters. The minimum atomic E-state index is -1.06. The van der Waals surface area contributed by atoms with Crippen LogP contribution in [0.2, 0.25) is 0 Å². The van der Waals surface area contributed by atoms with E-state index in [4.69, 9.17) is 11.6 Å².